The van der Waals surface area contributed by atoms with Crippen LogP contribution in [0.2, 0.25) is 0 Å². The molecule has 1 aromatic heterocycles. The molecule has 0 fully saturated rings. The Bertz CT molecular complexity index is 872. The summed E-state index contributed by atoms with van der Waals surface area (Å²) >= 11 is 1.12. The summed E-state index contributed by atoms with van der Waals surface area (Å²) in [6.07, 6.45) is -4.39. The highest BCUT2D eigenvalue weighted by atomic mass is 127. The van der Waals surface area contributed by atoms with E-state index in [9.17, 15) is 21.6 Å². The van der Waals surface area contributed by atoms with E-state index in [1.807, 2.05) is 0 Å². The first-order valence-electron chi connectivity index (χ1n) is 7.86. The fraction of sp³-hybridized carbons (Fsp3) is 0.312. The van der Waals surface area contributed by atoms with Crippen LogP contribution in [0.15, 0.2) is 51.0 Å². The molecule has 2 aromatic rings. The Morgan fingerprint density at radius 3 is 2.50 bits per heavy atom. The van der Waals surface area contributed by atoms with Crippen LogP contribution in [-0.2, 0) is 22.7 Å². The van der Waals surface area contributed by atoms with Crippen LogP contribution in [0.4, 0.5) is 13.2 Å². The van der Waals surface area contributed by atoms with Crippen molar-refractivity contribution in [2.75, 3.05) is 20.1 Å². The number of nitrogens with zero attached hydrogens (tertiary/aromatic N) is 1. The van der Waals surface area contributed by atoms with Crippen LogP contribution in [0.3, 0.4) is 0 Å². The van der Waals surface area contributed by atoms with E-state index in [2.05, 4.69) is 20.3 Å². The first kappa shape index (κ1) is 24.7. The highest BCUT2D eigenvalue weighted by Crippen LogP contribution is 2.29. The quantitative estimate of drug-likeness (QED) is 0.215. The second-order valence-electron chi connectivity index (χ2n) is 5.38. The number of rotatable bonds is 7. The lowest BCUT2D eigenvalue weighted by Gasteiger charge is -2.13. The van der Waals surface area contributed by atoms with E-state index in [0.29, 0.717) is 11.5 Å². The van der Waals surface area contributed by atoms with Crippen molar-refractivity contribution in [3.63, 3.8) is 0 Å². The number of halogens is 4. The summed E-state index contributed by atoms with van der Waals surface area (Å²) < 4.78 is 64.8. The standard InChI is InChI=1S/C16H19F3N4O2S2.HI/c1-20-15(21-7-8-23-27(24,25)14-6-3-9-26-14)22-11-12-4-2-5-13(10-12)16(17,18)19;/h2-6,9-10,23H,7-8,11H2,1H3,(H2,20,21,22);1H. The number of nitrogens with one attached hydrogen (secondary N) is 3. The highest BCUT2D eigenvalue weighted by Gasteiger charge is 2.30. The minimum Gasteiger partial charge on any atom is -0.355 e. The van der Waals surface area contributed by atoms with Gasteiger partial charge >= 0.3 is 6.18 Å². The molecule has 12 heteroatoms. The molecule has 0 aliphatic rings. The number of aliphatic imine (C=N–C) groups is 1. The lowest BCUT2D eigenvalue weighted by atomic mass is 10.1. The van der Waals surface area contributed by atoms with Gasteiger partial charge in [-0.15, -0.1) is 35.3 Å². The number of benzene rings is 1. The minimum atomic E-state index is -4.39. The van der Waals surface area contributed by atoms with Crippen molar-refractivity contribution >= 4 is 51.3 Å². The van der Waals surface area contributed by atoms with Gasteiger partial charge in [0, 0.05) is 26.7 Å². The smallest absolute Gasteiger partial charge is 0.355 e. The molecule has 0 atom stereocenters. The van der Waals surface area contributed by atoms with Crippen molar-refractivity contribution < 1.29 is 21.6 Å². The van der Waals surface area contributed by atoms with E-state index in [1.54, 1.807) is 17.5 Å². The molecule has 0 aliphatic heterocycles. The third-order valence-corrected chi connectivity index (χ3v) is 6.27. The molecular weight excluding hydrogens is 528 g/mol. The molecule has 0 amide bonds. The summed E-state index contributed by atoms with van der Waals surface area (Å²) in [5.41, 5.74) is -0.265. The molecule has 0 bridgehead atoms. The number of alkyl halides is 3. The summed E-state index contributed by atoms with van der Waals surface area (Å²) in [4.78, 5) is 3.96. The molecule has 1 aromatic carbocycles. The van der Waals surface area contributed by atoms with Crippen LogP contribution in [0.1, 0.15) is 11.1 Å². The summed E-state index contributed by atoms with van der Waals surface area (Å²) in [5.74, 6) is 0.350. The fourth-order valence-electron chi connectivity index (χ4n) is 2.12. The van der Waals surface area contributed by atoms with E-state index in [-0.39, 0.29) is 47.8 Å². The normalized spacial score (nSPS) is 12.4. The van der Waals surface area contributed by atoms with Crippen LogP contribution >= 0.6 is 35.3 Å². The molecule has 28 heavy (non-hydrogen) atoms. The molecule has 156 valence electrons. The minimum absolute atomic E-state index is 0. The monoisotopic (exact) mass is 548 g/mol. The van der Waals surface area contributed by atoms with Crippen LogP contribution in [0, 0.1) is 0 Å². The van der Waals surface area contributed by atoms with Gasteiger partial charge in [-0.2, -0.15) is 13.2 Å². The van der Waals surface area contributed by atoms with Gasteiger partial charge in [0.05, 0.1) is 5.56 Å². The molecule has 0 aliphatic carbocycles. The Morgan fingerprint density at radius 1 is 1.14 bits per heavy atom. The van der Waals surface area contributed by atoms with Gasteiger partial charge in [-0.1, -0.05) is 18.2 Å². The van der Waals surface area contributed by atoms with E-state index < -0.39 is 21.8 Å². The summed E-state index contributed by atoms with van der Waals surface area (Å²) in [6.45, 7) is 0.530. The van der Waals surface area contributed by atoms with Crippen molar-refractivity contribution in [2.45, 2.75) is 16.9 Å². The maximum absolute atomic E-state index is 12.7. The summed E-state index contributed by atoms with van der Waals surface area (Å²) in [5, 5.41) is 7.45. The van der Waals surface area contributed by atoms with Crippen LogP contribution < -0.4 is 15.4 Å². The first-order chi connectivity index (χ1) is 12.7. The second kappa shape index (κ2) is 11.0. The molecule has 2 rings (SSSR count). The van der Waals surface area contributed by atoms with E-state index in [1.165, 1.54) is 19.2 Å². The van der Waals surface area contributed by atoms with Crippen LogP contribution in [-0.4, -0.2) is 34.5 Å². The van der Waals surface area contributed by atoms with E-state index >= 15 is 0 Å². The van der Waals surface area contributed by atoms with Gasteiger partial charge < -0.3 is 10.6 Å². The molecule has 0 saturated carbocycles. The number of sulfonamides is 1. The van der Waals surface area contributed by atoms with Gasteiger partial charge in [0.25, 0.3) is 0 Å². The molecule has 0 saturated heterocycles. The Hall–Kier alpha value is -1.38. The third kappa shape index (κ3) is 7.56. The van der Waals surface area contributed by atoms with Gasteiger partial charge in [-0.3, -0.25) is 4.99 Å². The van der Waals surface area contributed by atoms with Crippen molar-refractivity contribution in [2.24, 2.45) is 4.99 Å². The van der Waals surface area contributed by atoms with Crippen molar-refractivity contribution in [3.8, 4) is 0 Å². The Balaban J connectivity index is 0.00000392. The molecular formula is C16H20F3IN4O2S2. The SMILES string of the molecule is CN=C(NCCNS(=O)(=O)c1cccs1)NCc1cccc(C(F)(F)F)c1.I. The maximum Gasteiger partial charge on any atom is 0.416 e. The number of hydrogen-bond donors (Lipinski definition) is 3. The lowest BCUT2D eigenvalue weighted by Crippen LogP contribution is -2.41. The predicted molar refractivity (Wildman–Crippen MR) is 115 cm³/mol. The van der Waals surface area contributed by atoms with E-state index in [4.69, 9.17) is 0 Å². The van der Waals surface area contributed by atoms with E-state index in [0.717, 1.165) is 23.5 Å². The third-order valence-electron chi connectivity index (χ3n) is 3.41. The Kier molecular flexibility index (Phi) is 9.66. The predicted octanol–water partition coefficient (Wildman–Crippen LogP) is 3.03. The van der Waals surface area contributed by atoms with Crippen LogP contribution in [0.5, 0.6) is 0 Å². The zero-order valence-corrected chi connectivity index (χ0v) is 18.7. The van der Waals surface area contributed by atoms with Gasteiger partial charge in [-0.25, -0.2) is 13.1 Å². The molecule has 0 radical (unpaired) electrons. The zero-order chi connectivity index (χ0) is 19.9. The highest BCUT2D eigenvalue weighted by molar-refractivity contribution is 14.0. The van der Waals surface area contributed by atoms with Crippen molar-refractivity contribution in [3.05, 3.63) is 52.9 Å². The number of guanidine groups is 1. The average molecular weight is 548 g/mol. The average Bonchev–Trinajstić information content (AvgIpc) is 3.16. The zero-order valence-electron chi connectivity index (χ0n) is 14.8. The summed E-state index contributed by atoms with van der Waals surface area (Å²) in [7, 11) is -2.02. The second-order valence-corrected chi connectivity index (χ2v) is 8.32. The number of hydrogen-bond acceptors (Lipinski definition) is 4. The summed E-state index contributed by atoms with van der Waals surface area (Å²) in [6, 6.07) is 8.15. The molecule has 0 spiro atoms. The molecule has 0 unspecified atom stereocenters. The Labute approximate surface area is 182 Å². The van der Waals surface area contributed by atoms with Gasteiger partial charge in [-0.05, 0) is 29.1 Å². The van der Waals surface area contributed by atoms with Gasteiger partial charge in [0.2, 0.25) is 10.0 Å². The van der Waals surface area contributed by atoms with Crippen LogP contribution in [0.25, 0.3) is 0 Å². The first-order valence-corrected chi connectivity index (χ1v) is 10.2. The molecule has 6 nitrogen and oxygen atoms in total. The Morgan fingerprint density at radius 2 is 1.89 bits per heavy atom. The molecule has 1 heterocycles. The lowest BCUT2D eigenvalue weighted by molar-refractivity contribution is -0.137. The maximum atomic E-state index is 12.7. The number of thiophene rings is 1. The fourth-order valence-corrected chi connectivity index (χ4v) is 4.19. The van der Waals surface area contributed by atoms with Crippen molar-refractivity contribution in [1.29, 1.82) is 0 Å². The van der Waals surface area contributed by atoms with Gasteiger partial charge in [0.1, 0.15) is 4.21 Å². The van der Waals surface area contributed by atoms with Gasteiger partial charge in [0.15, 0.2) is 5.96 Å². The largest absolute Gasteiger partial charge is 0.416 e. The molecule has 3 N–H and O–H groups in total. The van der Waals surface area contributed by atoms with Crippen molar-refractivity contribution in [1.82, 2.24) is 15.4 Å². The topological polar surface area (TPSA) is 82.6 Å².